The van der Waals surface area contributed by atoms with Gasteiger partial charge in [0, 0.05) is 11.8 Å². The second-order valence-electron chi connectivity index (χ2n) is 3.79. The topological polar surface area (TPSA) is 22.1 Å². The number of alkyl halides is 3. The van der Waals surface area contributed by atoms with Gasteiger partial charge in [-0.15, -0.1) is 0 Å². The highest BCUT2D eigenvalue weighted by Gasteiger charge is 2.35. The van der Waals surface area contributed by atoms with E-state index in [9.17, 15) is 17.6 Å². The molecule has 0 aliphatic carbocycles. The highest BCUT2D eigenvalue weighted by Crippen LogP contribution is 2.33. The molecule has 6 heteroatoms. The van der Waals surface area contributed by atoms with Gasteiger partial charge in [-0.1, -0.05) is 12.1 Å². The average Bonchev–Trinajstić information content (AvgIpc) is 2.38. The molecule has 0 fully saturated rings. The van der Waals surface area contributed by atoms with E-state index < -0.39 is 17.7 Å². The monoisotopic (exact) mass is 271 g/mol. The maximum absolute atomic E-state index is 13.1. The van der Waals surface area contributed by atoms with Gasteiger partial charge in [0.1, 0.15) is 11.3 Å². The molecule has 0 aliphatic rings. The van der Waals surface area contributed by atoms with E-state index in [1.807, 2.05) is 0 Å². The Morgan fingerprint density at radius 1 is 1.11 bits per heavy atom. The van der Waals surface area contributed by atoms with Gasteiger partial charge in [0.2, 0.25) is 5.95 Å². The van der Waals surface area contributed by atoms with Crippen molar-refractivity contribution in [3.05, 3.63) is 48.0 Å². The number of aromatic nitrogens is 1. The van der Waals surface area contributed by atoms with Crippen molar-refractivity contribution in [3.8, 4) is 16.9 Å². The maximum atomic E-state index is 13.1. The van der Waals surface area contributed by atoms with E-state index in [4.69, 9.17) is 4.74 Å². The zero-order chi connectivity index (χ0) is 14.0. The Hall–Kier alpha value is -2.11. The van der Waals surface area contributed by atoms with Crippen LogP contribution in [0, 0.1) is 5.95 Å². The van der Waals surface area contributed by atoms with Gasteiger partial charge in [0.25, 0.3) is 0 Å². The average molecular weight is 271 g/mol. The fourth-order valence-electron chi connectivity index (χ4n) is 1.61. The lowest BCUT2D eigenvalue weighted by atomic mass is 10.1. The van der Waals surface area contributed by atoms with Crippen LogP contribution in [0.3, 0.4) is 0 Å². The molecule has 0 spiro atoms. The van der Waals surface area contributed by atoms with Gasteiger partial charge >= 0.3 is 6.18 Å². The fraction of sp³-hybridized carbons (Fsp3) is 0.154. The molecule has 2 aromatic rings. The number of hydrogen-bond acceptors (Lipinski definition) is 2. The highest BCUT2D eigenvalue weighted by molar-refractivity contribution is 5.65. The first-order valence-corrected chi connectivity index (χ1v) is 5.29. The summed E-state index contributed by atoms with van der Waals surface area (Å²) in [5, 5.41) is 0. The minimum Gasteiger partial charge on any atom is -0.497 e. The van der Waals surface area contributed by atoms with Crippen LogP contribution >= 0.6 is 0 Å². The first-order chi connectivity index (χ1) is 8.91. The maximum Gasteiger partial charge on any atom is 0.420 e. The number of rotatable bonds is 2. The van der Waals surface area contributed by atoms with Crippen LogP contribution in [0.15, 0.2) is 36.5 Å². The lowest BCUT2D eigenvalue weighted by molar-refractivity contribution is -0.140. The Kier molecular flexibility index (Phi) is 3.42. The van der Waals surface area contributed by atoms with Gasteiger partial charge in [0.05, 0.1) is 7.11 Å². The molecule has 0 N–H and O–H groups in total. The molecule has 0 saturated heterocycles. The zero-order valence-electron chi connectivity index (χ0n) is 9.83. The summed E-state index contributed by atoms with van der Waals surface area (Å²) in [4.78, 5) is 3.15. The first-order valence-electron chi connectivity index (χ1n) is 5.29. The van der Waals surface area contributed by atoms with Gasteiger partial charge in [-0.05, 0) is 23.8 Å². The zero-order valence-corrected chi connectivity index (χ0v) is 9.83. The molecule has 0 saturated carbocycles. The predicted octanol–water partition coefficient (Wildman–Crippen LogP) is 3.92. The van der Waals surface area contributed by atoms with Crippen LogP contribution in [0.4, 0.5) is 17.6 Å². The van der Waals surface area contributed by atoms with E-state index >= 15 is 0 Å². The standard InChI is InChI=1S/C13H9F4NO/c1-19-10-4-2-3-8(5-10)9-6-11(13(15,16)17)12(14)18-7-9/h2-7H,1H3. The molecule has 1 aromatic carbocycles. The van der Waals surface area contributed by atoms with Crippen LogP contribution in [0.1, 0.15) is 5.56 Å². The van der Waals surface area contributed by atoms with Crippen molar-refractivity contribution < 1.29 is 22.3 Å². The number of pyridine rings is 1. The predicted molar refractivity (Wildman–Crippen MR) is 61.2 cm³/mol. The number of nitrogens with zero attached hydrogens (tertiary/aromatic N) is 1. The second-order valence-corrected chi connectivity index (χ2v) is 3.79. The fourth-order valence-corrected chi connectivity index (χ4v) is 1.61. The summed E-state index contributed by atoms with van der Waals surface area (Å²) in [6.45, 7) is 0. The van der Waals surface area contributed by atoms with Crippen LogP contribution in [0.5, 0.6) is 5.75 Å². The molecule has 2 nitrogen and oxygen atoms in total. The molecular weight excluding hydrogens is 262 g/mol. The molecule has 0 aliphatic heterocycles. The van der Waals surface area contributed by atoms with Gasteiger partial charge in [-0.25, -0.2) is 4.98 Å². The summed E-state index contributed by atoms with van der Waals surface area (Å²) in [7, 11) is 1.45. The van der Waals surface area contributed by atoms with E-state index in [1.54, 1.807) is 24.3 Å². The van der Waals surface area contributed by atoms with Gasteiger partial charge in [-0.2, -0.15) is 17.6 Å². The van der Waals surface area contributed by atoms with Gasteiger partial charge in [-0.3, -0.25) is 0 Å². The number of ether oxygens (including phenoxy) is 1. The minimum absolute atomic E-state index is 0.174. The van der Waals surface area contributed by atoms with Crippen molar-refractivity contribution in [2.75, 3.05) is 7.11 Å². The first kappa shape index (κ1) is 13.3. The summed E-state index contributed by atoms with van der Waals surface area (Å²) >= 11 is 0. The summed E-state index contributed by atoms with van der Waals surface area (Å²) in [5.41, 5.74) is -0.738. The van der Waals surface area contributed by atoms with Crippen LogP contribution in [0.2, 0.25) is 0 Å². The van der Waals surface area contributed by atoms with Crippen molar-refractivity contribution in [2.24, 2.45) is 0 Å². The van der Waals surface area contributed by atoms with Gasteiger partial charge in [0.15, 0.2) is 0 Å². The lowest BCUT2D eigenvalue weighted by Gasteiger charge is -2.10. The Morgan fingerprint density at radius 3 is 2.47 bits per heavy atom. The summed E-state index contributed by atoms with van der Waals surface area (Å²) < 4.78 is 55.8. The van der Waals surface area contributed by atoms with E-state index in [1.165, 1.54) is 7.11 Å². The third-order valence-electron chi connectivity index (χ3n) is 2.55. The van der Waals surface area contributed by atoms with Crippen molar-refractivity contribution in [1.29, 1.82) is 0 Å². The quantitative estimate of drug-likeness (QED) is 0.610. The molecule has 0 unspecified atom stereocenters. The van der Waals surface area contributed by atoms with Crippen LogP contribution in [-0.4, -0.2) is 12.1 Å². The Bertz CT molecular complexity index is 595. The minimum atomic E-state index is -4.77. The van der Waals surface area contributed by atoms with Crippen molar-refractivity contribution in [1.82, 2.24) is 4.98 Å². The largest absolute Gasteiger partial charge is 0.497 e. The molecule has 1 heterocycles. The second kappa shape index (κ2) is 4.87. The molecule has 100 valence electrons. The van der Waals surface area contributed by atoms with E-state index in [-0.39, 0.29) is 5.56 Å². The molecule has 0 atom stereocenters. The summed E-state index contributed by atoms with van der Waals surface area (Å²) in [5.74, 6) is -1.03. The number of hydrogen-bond donors (Lipinski definition) is 0. The number of methoxy groups -OCH3 is 1. The van der Waals surface area contributed by atoms with E-state index in [2.05, 4.69) is 4.98 Å². The molecule has 0 radical (unpaired) electrons. The summed E-state index contributed by atoms with van der Waals surface area (Å²) in [6, 6.07) is 7.17. The van der Waals surface area contributed by atoms with Crippen LogP contribution in [-0.2, 0) is 6.18 Å². The SMILES string of the molecule is COc1cccc(-c2cnc(F)c(C(F)(F)F)c2)c1. The Balaban J connectivity index is 2.51. The Morgan fingerprint density at radius 2 is 1.84 bits per heavy atom. The van der Waals surface area contributed by atoms with Crippen LogP contribution in [0.25, 0.3) is 11.1 Å². The smallest absolute Gasteiger partial charge is 0.420 e. The van der Waals surface area contributed by atoms with Crippen molar-refractivity contribution >= 4 is 0 Å². The highest BCUT2D eigenvalue weighted by atomic mass is 19.4. The summed E-state index contributed by atoms with van der Waals surface area (Å²) in [6.07, 6.45) is -3.72. The Labute approximate surface area is 106 Å². The van der Waals surface area contributed by atoms with Crippen molar-refractivity contribution in [2.45, 2.75) is 6.18 Å². The molecule has 2 rings (SSSR count). The lowest BCUT2D eigenvalue weighted by Crippen LogP contribution is -2.09. The molecule has 0 amide bonds. The molecule has 0 bridgehead atoms. The van der Waals surface area contributed by atoms with Crippen molar-refractivity contribution in [3.63, 3.8) is 0 Å². The third kappa shape index (κ3) is 2.83. The van der Waals surface area contributed by atoms with Crippen LogP contribution < -0.4 is 4.74 Å². The normalized spacial score (nSPS) is 11.4. The number of halogens is 4. The number of benzene rings is 1. The van der Waals surface area contributed by atoms with E-state index in [0.717, 1.165) is 12.3 Å². The van der Waals surface area contributed by atoms with Gasteiger partial charge < -0.3 is 4.74 Å². The molecule has 1 aromatic heterocycles. The molecule has 19 heavy (non-hydrogen) atoms. The molecular formula is C13H9F4NO. The third-order valence-corrected chi connectivity index (χ3v) is 2.55. The van der Waals surface area contributed by atoms with E-state index in [0.29, 0.717) is 11.3 Å².